The number of amides is 1. The van der Waals surface area contributed by atoms with Crippen LogP contribution < -0.4 is 5.32 Å². The van der Waals surface area contributed by atoms with Crippen molar-refractivity contribution in [2.75, 3.05) is 0 Å². The second-order valence-corrected chi connectivity index (χ2v) is 5.65. The molecular weight excluding hydrogens is 230 g/mol. The van der Waals surface area contributed by atoms with Crippen molar-refractivity contribution in [3.05, 3.63) is 12.2 Å². The Balaban J connectivity index is 4.63. The molecule has 1 unspecified atom stereocenters. The maximum atomic E-state index is 12.1. The van der Waals surface area contributed by atoms with Gasteiger partial charge in [0.15, 0.2) is 0 Å². The van der Waals surface area contributed by atoms with Crippen molar-refractivity contribution in [3.8, 4) is 0 Å². The fourth-order valence-electron chi connectivity index (χ4n) is 1.96. The average Bonchev–Trinajstić information content (AvgIpc) is 2.21. The first-order chi connectivity index (χ1) is 8.20. The Morgan fingerprint density at radius 1 is 1.33 bits per heavy atom. The van der Waals surface area contributed by atoms with Gasteiger partial charge in [-0.25, -0.2) is 4.79 Å². The summed E-state index contributed by atoms with van der Waals surface area (Å²) in [4.78, 5) is 23.1. The number of carbonyl (C=O) groups excluding carboxylic acids is 1. The fraction of sp³-hybridized carbons (Fsp3) is 0.714. The zero-order valence-corrected chi connectivity index (χ0v) is 12.0. The van der Waals surface area contributed by atoms with Gasteiger partial charge in [-0.1, -0.05) is 39.8 Å². The first-order valence-corrected chi connectivity index (χ1v) is 6.35. The average molecular weight is 255 g/mol. The van der Waals surface area contributed by atoms with Gasteiger partial charge in [-0.2, -0.15) is 0 Å². The minimum absolute atomic E-state index is 0.201. The zero-order valence-electron chi connectivity index (χ0n) is 12.0. The standard InChI is InChI=1S/C14H25NO3/c1-6-7-8-11(12(16)17)15-13(18)14(4,5)9-10(2)3/h6-7,10-11H,8-9H2,1-5H3,(H,15,18)(H,16,17)/b7-6+. The van der Waals surface area contributed by atoms with Gasteiger partial charge in [-0.15, -0.1) is 0 Å². The SMILES string of the molecule is C/C=C/CC(NC(=O)C(C)(C)CC(C)C)C(=O)O. The van der Waals surface area contributed by atoms with Gasteiger partial charge in [0.2, 0.25) is 5.91 Å². The number of carboxylic acids is 1. The van der Waals surface area contributed by atoms with Crippen LogP contribution in [0.3, 0.4) is 0 Å². The maximum Gasteiger partial charge on any atom is 0.326 e. The molecule has 0 rings (SSSR count). The van der Waals surface area contributed by atoms with Gasteiger partial charge in [0, 0.05) is 5.41 Å². The van der Waals surface area contributed by atoms with Crippen molar-refractivity contribution in [2.45, 2.75) is 53.5 Å². The Hall–Kier alpha value is -1.32. The zero-order chi connectivity index (χ0) is 14.3. The Kier molecular flexibility index (Phi) is 6.66. The third-order valence-electron chi connectivity index (χ3n) is 2.74. The first-order valence-electron chi connectivity index (χ1n) is 6.35. The number of hydrogen-bond acceptors (Lipinski definition) is 2. The van der Waals surface area contributed by atoms with E-state index in [2.05, 4.69) is 5.32 Å². The normalized spacial score (nSPS) is 13.9. The van der Waals surface area contributed by atoms with E-state index in [9.17, 15) is 9.59 Å². The predicted molar refractivity (Wildman–Crippen MR) is 72.2 cm³/mol. The van der Waals surface area contributed by atoms with E-state index in [1.54, 1.807) is 12.2 Å². The molecule has 1 atom stereocenters. The molecule has 0 saturated carbocycles. The summed E-state index contributed by atoms with van der Waals surface area (Å²) in [6, 6.07) is -0.847. The lowest BCUT2D eigenvalue weighted by Crippen LogP contribution is -2.46. The van der Waals surface area contributed by atoms with Crippen molar-refractivity contribution >= 4 is 11.9 Å². The minimum atomic E-state index is -0.998. The highest BCUT2D eigenvalue weighted by Crippen LogP contribution is 2.25. The summed E-state index contributed by atoms with van der Waals surface area (Å²) in [5.41, 5.74) is -0.544. The van der Waals surface area contributed by atoms with Crippen LogP contribution in [0.25, 0.3) is 0 Å². The molecule has 104 valence electrons. The molecule has 0 saturated heterocycles. The lowest BCUT2D eigenvalue weighted by Gasteiger charge is -2.27. The molecule has 2 N–H and O–H groups in total. The van der Waals surface area contributed by atoms with E-state index in [4.69, 9.17) is 5.11 Å². The highest BCUT2D eigenvalue weighted by molar-refractivity contribution is 5.87. The van der Waals surface area contributed by atoms with Crippen LogP contribution in [0.4, 0.5) is 0 Å². The summed E-state index contributed by atoms with van der Waals surface area (Å²) < 4.78 is 0. The third-order valence-corrected chi connectivity index (χ3v) is 2.74. The van der Waals surface area contributed by atoms with E-state index >= 15 is 0 Å². The van der Waals surface area contributed by atoms with Crippen molar-refractivity contribution in [1.82, 2.24) is 5.32 Å². The Labute approximate surface area is 109 Å². The van der Waals surface area contributed by atoms with Gasteiger partial charge in [0.05, 0.1) is 0 Å². The van der Waals surface area contributed by atoms with Crippen molar-refractivity contribution in [2.24, 2.45) is 11.3 Å². The lowest BCUT2D eigenvalue weighted by atomic mass is 9.83. The highest BCUT2D eigenvalue weighted by atomic mass is 16.4. The maximum absolute atomic E-state index is 12.1. The van der Waals surface area contributed by atoms with Crippen LogP contribution >= 0.6 is 0 Å². The van der Waals surface area contributed by atoms with Crippen LogP contribution in [-0.2, 0) is 9.59 Å². The number of aliphatic carboxylic acids is 1. The largest absolute Gasteiger partial charge is 0.480 e. The number of carbonyl (C=O) groups is 2. The summed E-state index contributed by atoms with van der Waals surface area (Å²) in [7, 11) is 0. The van der Waals surface area contributed by atoms with Crippen LogP contribution in [0.2, 0.25) is 0 Å². The highest BCUT2D eigenvalue weighted by Gasteiger charge is 2.31. The minimum Gasteiger partial charge on any atom is -0.480 e. The Morgan fingerprint density at radius 2 is 1.89 bits per heavy atom. The van der Waals surface area contributed by atoms with Crippen molar-refractivity contribution in [1.29, 1.82) is 0 Å². The summed E-state index contributed by atoms with van der Waals surface area (Å²) in [6.07, 6.45) is 4.57. The monoisotopic (exact) mass is 255 g/mol. The molecule has 0 aliphatic heterocycles. The van der Waals surface area contributed by atoms with Crippen LogP contribution in [0.5, 0.6) is 0 Å². The van der Waals surface area contributed by atoms with Gasteiger partial charge in [-0.3, -0.25) is 4.79 Å². The van der Waals surface area contributed by atoms with Crippen molar-refractivity contribution < 1.29 is 14.7 Å². The molecule has 0 radical (unpaired) electrons. The second-order valence-electron chi connectivity index (χ2n) is 5.65. The molecule has 0 aromatic carbocycles. The Morgan fingerprint density at radius 3 is 2.28 bits per heavy atom. The Bertz CT molecular complexity index is 319. The molecule has 18 heavy (non-hydrogen) atoms. The summed E-state index contributed by atoms with van der Waals surface area (Å²) >= 11 is 0. The van der Waals surface area contributed by atoms with Crippen LogP contribution in [0.15, 0.2) is 12.2 Å². The van der Waals surface area contributed by atoms with E-state index in [0.29, 0.717) is 12.3 Å². The summed E-state index contributed by atoms with van der Waals surface area (Å²) in [5, 5.41) is 11.7. The molecule has 0 fully saturated rings. The van der Waals surface area contributed by atoms with E-state index < -0.39 is 17.4 Å². The summed E-state index contributed by atoms with van der Waals surface area (Å²) in [6.45, 7) is 9.60. The molecule has 0 aliphatic rings. The topological polar surface area (TPSA) is 66.4 Å². The van der Waals surface area contributed by atoms with E-state index in [1.807, 2.05) is 34.6 Å². The quantitative estimate of drug-likeness (QED) is 0.687. The fourth-order valence-corrected chi connectivity index (χ4v) is 1.96. The van der Waals surface area contributed by atoms with Crippen molar-refractivity contribution in [3.63, 3.8) is 0 Å². The third kappa shape index (κ3) is 5.84. The molecule has 1 amide bonds. The van der Waals surface area contributed by atoms with Gasteiger partial charge >= 0.3 is 5.97 Å². The van der Waals surface area contributed by atoms with Gasteiger partial charge in [-0.05, 0) is 25.7 Å². The molecule has 0 bridgehead atoms. The van der Waals surface area contributed by atoms with E-state index in [0.717, 1.165) is 6.42 Å². The second kappa shape index (κ2) is 7.19. The lowest BCUT2D eigenvalue weighted by molar-refractivity contribution is -0.143. The van der Waals surface area contributed by atoms with Gasteiger partial charge in [0.1, 0.15) is 6.04 Å². The van der Waals surface area contributed by atoms with E-state index in [1.165, 1.54) is 0 Å². The molecule has 4 heteroatoms. The molecule has 0 spiro atoms. The molecule has 0 aromatic heterocycles. The first kappa shape index (κ1) is 16.7. The van der Waals surface area contributed by atoms with E-state index in [-0.39, 0.29) is 5.91 Å². The molecule has 0 heterocycles. The number of carboxylic acid groups (broad SMARTS) is 1. The number of nitrogens with one attached hydrogen (secondary N) is 1. The molecular formula is C14H25NO3. The molecule has 0 aliphatic carbocycles. The van der Waals surface area contributed by atoms with Crippen LogP contribution in [-0.4, -0.2) is 23.0 Å². The summed E-state index contributed by atoms with van der Waals surface area (Å²) in [5.74, 6) is -0.806. The molecule has 4 nitrogen and oxygen atoms in total. The smallest absolute Gasteiger partial charge is 0.326 e. The van der Waals surface area contributed by atoms with Crippen LogP contribution in [0, 0.1) is 11.3 Å². The molecule has 0 aromatic rings. The van der Waals surface area contributed by atoms with Gasteiger partial charge < -0.3 is 10.4 Å². The number of hydrogen-bond donors (Lipinski definition) is 2. The number of allylic oxidation sites excluding steroid dienone is 1. The van der Waals surface area contributed by atoms with Crippen LogP contribution in [0.1, 0.15) is 47.5 Å². The predicted octanol–water partition coefficient (Wildman–Crippen LogP) is 2.59. The number of rotatable bonds is 7. The van der Waals surface area contributed by atoms with Gasteiger partial charge in [0.25, 0.3) is 0 Å².